The van der Waals surface area contributed by atoms with E-state index in [9.17, 15) is 19.8 Å². The fourth-order valence-electron chi connectivity index (χ4n) is 3.74. The third-order valence-electron chi connectivity index (χ3n) is 5.70. The normalized spacial score (nSPS) is 11.2. The van der Waals surface area contributed by atoms with E-state index >= 15 is 0 Å². The SMILES string of the molecule is CCCCCCCCCCC(CCCCCCCCCC)(C(=O)[O-])C(=O)[O-].[Mg+2]. The van der Waals surface area contributed by atoms with Gasteiger partial charge in [0.1, 0.15) is 0 Å². The molecule has 0 fully saturated rings. The topological polar surface area (TPSA) is 80.3 Å². The molecule has 0 saturated heterocycles. The van der Waals surface area contributed by atoms with Gasteiger partial charge in [-0.1, -0.05) is 117 Å². The molecule has 0 radical (unpaired) electrons. The van der Waals surface area contributed by atoms with Crippen molar-refractivity contribution in [3.63, 3.8) is 0 Å². The van der Waals surface area contributed by atoms with Gasteiger partial charge in [-0.25, -0.2) is 0 Å². The zero-order chi connectivity index (χ0) is 20.4. The summed E-state index contributed by atoms with van der Waals surface area (Å²) in [7, 11) is 0. The van der Waals surface area contributed by atoms with Crippen molar-refractivity contribution < 1.29 is 19.8 Å². The summed E-state index contributed by atoms with van der Waals surface area (Å²) in [6.07, 6.45) is 17.5. The fourth-order valence-corrected chi connectivity index (χ4v) is 3.74. The first-order valence-corrected chi connectivity index (χ1v) is 11.4. The second-order valence-corrected chi connectivity index (χ2v) is 8.11. The predicted octanol–water partition coefficient (Wildman–Crippen LogP) is 4.15. The number of hydrogen-bond acceptors (Lipinski definition) is 4. The first kappa shape index (κ1) is 29.9. The number of carbonyl (C=O) groups is 2. The minimum atomic E-state index is -1.80. The van der Waals surface area contributed by atoms with Gasteiger partial charge in [0.05, 0.1) is 11.9 Å². The van der Waals surface area contributed by atoms with Crippen molar-refractivity contribution in [2.75, 3.05) is 0 Å². The average molecular weight is 407 g/mol. The zero-order valence-corrected chi connectivity index (χ0v) is 20.0. The maximum atomic E-state index is 11.6. The van der Waals surface area contributed by atoms with Gasteiger partial charge in [0.15, 0.2) is 0 Å². The summed E-state index contributed by atoms with van der Waals surface area (Å²) in [5.74, 6) is -2.93. The van der Waals surface area contributed by atoms with Crippen molar-refractivity contribution in [1.29, 1.82) is 0 Å². The maximum absolute atomic E-state index is 11.6. The Morgan fingerprint density at radius 3 is 1.04 bits per heavy atom. The Kier molecular flexibility index (Phi) is 21.4. The number of aliphatic carboxylic acids is 2. The molecular weight excluding hydrogens is 365 g/mol. The quantitative estimate of drug-likeness (QED) is 0.173. The summed E-state index contributed by atoms with van der Waals surface area (Å²) in [5, 5.41) is 23.2. The van der Waals surface area contributed by atoms with E-state index in [-0.39, 0.29) is 35.9 Å². The molecule has 0 N–H and O–H groups in total. The van der Waals surface area contributed by atoms with Crippen LogP contribution in [0.5, 0.6) is 0 Å². The average Bonchev–Trinajstić information content (AvgIpc) is 2.63. The van der Waals surface area contributed by atoms with Crippen LogP contribution in [0, 0.1) is 5.41 Å². The molecular formula is C23H42MgO4. The molecule has 28 heavy (non-hydrogen) atoms. The number of rotatable bonds is 20. The van der Waals surface area contributed by atoms with Gasteiger partial charge in [-0.05, 0) is 12.8 Å². The van der Waals surface area contributed by atoms with Crippen molar-refractivity contribution in [3.05, 3.63) is 0 Å². The first-order valence-electron chi connectivity index (χ1n) is 11.4. The van der Waals surface area contributed by atoms with Gasteiger partial charge in [0, 0.05) is 5.41 Å². The summed E-state index contributed by atoms with van der Waals surface area (Å²) in [4.78, 5) is 23.2. The summed E-state index contributed by atoms with van der Waals surface area (Å²) in [6, 6.07) is 0. The third kappa shape index (κ3) is 13.8. The second kappa shape index (κ2) is 20.0. The maximum Gasteiger partial charge on any atom is 2.00 e. The molecule has 0 amide bonds. The van der Waals surface area contributed by atoms with E-state index in [2.05, 4.69) is 13.8 Å². The van der Waals surface area contributed by atoms with Crippen LogP contribution in [0.3, 0.4) is 0 Å². The van der Waals surface area contributed by atoms with Gasteiger partial charge in [-0.2, -0.15) is 0 Å². The van der Waals surface area contributed by atoms with Crippen LogP contribution >= 0.6 is 0 Å². The van der Waals surface area contributed by atoms with Gasteiger partial charge in [0.2, 0.25) is 0 Å². The Hall–Kier alpha value is -0.294. The summed E-state index contributed by atoms with van der Waals surface area (Å²) in [6.45, 7) is 4.37. The number of carbonyl (C=O) groups excluding carboxylic acids is 2. The van der Waals surface area contributed by atoms with Crippen LogP contribution in [0.25, 0.3) is 0 Å². The summed E-state index contributed by atoms with van der Waals surface area (Å²) >= 11 is 0. The molecule has 0 aliphatic rings. The van der Waals surface area contributed by atoms with E-state index in [1.165, 1.54) is 51.4 Å². The van der Waals surface area contributed by atoms with Crippen LogP contribution in [0.1, 0.15) is 129 Å². The molecule has 0 aliphatic carbocycles. The monoisotopic (exact) mass is 406 g/mol. The Morgan fingerprint density at radius 1 is 0.536 bits per heavy atom. The molecule has 0 atom stereocenters. The van der Waals surface area contributed by atoms with Crippen molar-refractivity contribution in [1.82, 2.24) is 0 Å². The van der Waals surface area contributed by atoms with E-state index < -0.39 is 17.4 Å². The zero-order valence-electron chi connectivity index (χ0n) is 18.6. The van der Waals surface area contributed by atoms with Crippen LogP contribution in [-0.4, -0.2) is 35.0 Å². The molecule has 0 aromatic carbocycles. The Morgan fingerprint density at radius 2 is 0.786 bits per heavy atom. The fraction of sp³-hybridized carbons (Fsp3) is 0.913. The molecule has 0 aromatic heterocycles. The van der Waals surface area contributed by atoms with Crippen LogP contribution < -0.4 is 10.2 Å². The first-order chi connectivity index (χ1) is 13.0. The molecule has 0 unspecified atom stereocenters. The van der Waals surface area contributed by atoms with E-state index in [1.807, 2.05) is 0 Å². The molecule has 0 bridgehead atoms. The number of unbranched alkanes of at least 4 members (excludes halogenated alkanes) is 14. The molecule has 0 saturated carbocycles. The van der Waals surface area contributed by atoms with E-state index in [1.54, 1.807) is 0 Å². The van der Waals surface area contributed by atoms with Gasteiger partial charge in [-0.3, -0.25) is 0 Å². The molecule has 5 heteroatoms. The molecule has 0 spiro atoms. The Bertz CT molecular complexity index is 349. The molecule has 0 rings (SSSR count). The van der Waals surface area contributed by atoms with Crippen molar-refractivity contribution in [2.45, 2.75) is 129 Å². The third-order valence-corrected chi connectivity index (χ3v) is 5.70. The number of carboxylic acids is 2. The van der Waals surface area contributed by atoms with Gasteiger partial charge < -0.3 is 19.8 Å². The van der Waals surface area contributed by atoms with Crippen molar-refractivity contribution in [3.8, 4) is 0 Å². The van der Waals surface area contributed by atoms with Crippen LogP contribution in [0.15, 0.2) is 0 Å². The van der Waals surface area contributed by atoms with Crippen LogP contribution in [-0.2, 0) is 9.59 Å². The number of carboxylic acid groups (broad SMARTS) is 2. The van der Waals surface area contributed by atoms with Crippen LogP contribution in [0.2, 0.25) is 0 Å². The van der Waals surface area contributed by atoms with Crippen LogP contribution in [0.4, 0.5) is 0 Å². The smallest absolute Gasteiger partial charge is 0.549 e. The van der Waals surface area contributed by atoms with E-state index in [0.717, 1.165) is 38.5 Å². The minimum Gasteiger partial charge on any atom is -0.549 e. The van der Waals surface area contributed by atoms with E-state index in [0.29, 0.717) is 12.8 Å². The van der Waals surface area contributed by atoms with E-state index in [4.69, 9.17) is 0 Å². The Labute approximate surface area is 189 Å². The predicted molar refractivity (Wildman–Crippen MR) is 113 cm³/mol. The molecule has 160 valence electrons. The van der Waals surface area contributed by atoms with Crippen molar-refractivity contribution in [2.24, 2.45) is 5.41 Å². The van der Waals surface area contributed by atoms with Gasteiger partial charge >= 0.3 is 23.1 Å². The largest absolute Gasteiger partial charge is 2.00 e. The molecule has 4 nitrogen and oxygen atoms in total. The molecule has 0 aliphatic heterocycles. The standard InChI is InChI=1S/C23H44O4.Mg/c1-3-5-7-9-11-13-15-17-19-23(21(24)25,22(26)27)20-18-16-14-12-10-8-6-4-2;/h3-20H2,1-2H3,(H,24,25)(H,26,27);/q;+2/p-2. The summed E-state index contributed by atoms with van der Waals surface area (Å²) in [5.41, 5.74) is -1.80. The van der Waals surface area contributed by atoms with Crippen molar-refractivity contribution >= 4 is 35.0 Å². The van der Waals surface area contributed by atoms with Gasteiger partial charge in [0.25, 0.3) is 0 Å². The molecule has 0 aromatic rings. The summed E-state index contributed by atoms with van der Waals surface area (Å²) < 4.78 is 0. The van der Waals surface area contributed by atoms with Gasteiger partial charge in [-0.15, -0.1) is 0 Å². The minimum absolute atomic E-state index is 0. The Balaban J connectivity index is 0. The number of hydrogen-bond donors (Lipinski definition) is 0. The molecule has 0 heterocycles. The second-order valence-electron chi connectivity index (χ2n) is 8.11.